The van der Waals surface area contributed by atoms with E-state index in [1.807, 2.05) is 10.9 Å². The second kappa shape index (κ2) is 5.57. The van der Waals surface area contributed by atoms with E-state index in [2.05, 4.69) is 34.7 Å². The van der Waals surface area contributed by atoms with Crippen LogP contribution in [-0.2, 0) is 13.1 Å². The Labute approximate surface area is 113 Å². The SMILES string of the molecule is CC1CC1c1ccc(CNCCCn2ccnn2)o1. The Balaban J connectivity index is 1.34. The Kier molecular flexibility index (Phi) is 3.64. The van der Waals surface area contributed by atoms with Crippen LogP contribution in [0.15, 0.2) is 28.9 Å². The maximum Gasteiger partial charge on any atom is 0.117 e. The molecule has 2 aromatic rings. The number of furan rings is 1. The molecule has 2 unspecified atom stereocenters. The molecule has 1 saturated carbocycles. The molecule has 5 heteroatoms. The smallest absolute Gasteiger partial charge is 0.117 e. The summed E-state index contributed by atoms with van der Waals surface area (Å²) < 4.78 is 7.69. The van der Waals surface area contributed by atoms with Gasteiger partial charge in [-0.05, 0) is 37.4 Å². The number of nitrogens with one attached hydrogen (secondary N) is 1. The number of aryl methyl sites for hydroxylation is 1. The summed E-state index contributed by atoms with van der Waals surface area (Å²) in [5.41, 5.74) is 0. The van der Waals surface area contributed by atoms with Crippen molar-refractivity contribution < 1.29 is 4.42 Å². The first-order chi connectivity index (χ1) is 9.33. The molecular weight excluding hydrogens is 240 g/mol. The van der Waals surface area contributed by atoms with Crippen molar-refractivity contribution in [3.8, 4) is 0 Å². The molecule has 2 aromatic heterocycles. The van der Waals surface area contributed by atoms with E-state index in [0.29, 0.717) is 5.92 Å². The number of rotatable bonds is 7. The number of aromatic nitrogens is 3. The summed E-state index contributed by atoms with van der Waals surface area (Å²) in [4.78, 5) is 0. The van der Waals surface area contributed by atoms with Gasteiger partial charge in [0.1, 0.15) is 11.5 Å². The zero-order chi connectivity index (χ0) is 13.1. The highest BCUT2D eigenvalue weighted by atomic mass is 16.3. The van der Waals surface area contributed by atoms with Gasteiger partial charge in [0.15, 0.2) is 0 Å². The van der Waals surface area contributed by atoms with Gasteiger partial charge in [-0.1, -0.05) is 12.1 Å². The minimum absolute atomic E-state index is 0.668. The van der Waals surface area contributed by atoms with E-state index in [1.165, 1.54) is 6.42 Å². The fraction of sp³-hybridized carbons (Fsp3) is 0.571. The molecule has 1 aliphatic carbocycles. The molecular formula is C14H20N4O. The zero-order valence-corrected chi connectivity index (χ0v) is 11.2. The summed E-state index contributed by atoms with van der Waals surface area (Å²) in [6.45, 7) is 4.93. The van der Waals surface area contributed by atoms with Crippen LogP contribution in [0.25, 0.3) is 0 Å². The summed E-state index contributed by atoms with van der Waals surface area (Å²) in [7, 11) is 0. The predicted molar refractivity (Wildman–Crippen MR) is 71.6 cm³/mol. The molecule has 2 atom stereocenters. The molecule has 19 heavy (non-hydrogen) atoms. The summed E-state index contributed by atoms with van der Waals surface area (Å²) in [5.74, 6) is 3.66. The van der Waals surface area contributed by atoms with E-state index in [-0.39, 0.29) is 0 Å². The average Bonchev–Trinajstić information content (AvgIpc) is 2.88. The first kappa shape index (κ1) is 12.4. The molecule has 3 rings (SSSR count). The van der Waals surface area contributed by atoms with Gasteiger partial charge in [0, 0.05) is 18.7 Å². The quantitative estimate of drug-likeness (QED) is 0.775. The lowest BCUT2D eigenvalue weighted by Gasteiger charge is -2.02. The minimum atomic E-state index is 0.668. The molecule has 0 spiro atoms. The van der Waals surface area contributed by atoms with Gasteiger partial charge in [0.05, 0.1) is 12.7 Å². The lowest BCUT2D eigenvalue weighted by Crippen LogP contribution is -2.16. The highest BCUT2D eigenvalue weighted by Gasteiger charge is 2.36. The van der Waals surface area contributed by atoms with Crippen LogP contribution >= 0.6 is 0 Å². The summed E-state index contributed by atoms with van der Waals surface area (Å²) in [5, 5.41) is 11.1. The minimum Gasteiger partial charge on any atom is -0.464 e. The molecule has 102 valence electrons. The molecule has 1 N–H and O–H groups in total. The highest BCUT2D eigenvalue weighted by Crippen LogP contribution is 2.47. The van der Waals surface area contributed by atoms with Gasteiger partial charge in [-0.2, -0.15) is 0 Å². The maximum atomic E-state index is 5.84. The lowest BCUT2D eigenvalue weighted by molar-refractivity contribution is 0.438. The van der Waals surface area contributed by atoms with Crippen LogP contribution in [0.4, 0.5) is 0 Å². The standard InChI is InChI=1S/C14H20N4O/c1-11-9-13(11)14-4-3-12(19-14)10-15-5-2-7-18-8-6-16-17-18/h3-4,6,8,11,13,15H,2,5,7,9-10H2,1H3. The van der Waals surface area contributed by atoms with Crippen molar-refractivity contribution >= 4 is 0 Å². The normalized spacial score (nSPS) is 21.7. The second-order valence-electron chi connectivity index (χ2n) is 5.32. The molecule has 5 nitrogen and oxygen atoms in total. The van der Waals surface area contributed by atoms with Crippen LogP contribution in [0.5, 0.6) is 0 Å². The fourth-order valence-corrected chi connectivity index (χ4v) is 2.34. The van der Waals surface area contributed by atoms with Crippen LogP contribution in [0.3, 0.4) is 0 Å². The third kappa shape index (κ3) is 3.23. The van der Waals surface area contributed by atoms with Gasteiger partial charge in [0.25, 0.3) is 0 Å². The van der Waals surface area contributed by atoms with Gasteiger partial charge in [-0.25, -0.2) is 0 Å². The molecule has 0 amide bonds. The lowest BCUT2D eigenvalue weighted by atomic mass is 10.3. The Hall–Kier alpha value is -1.62. The van der Waals surface area contributed by atoms with Gasteiger partial charge in [-0.15, -0.1) is 5.10 Å². The molecule has 1 fully saturated rings. The third-order valence-electron chi connectivity index (χ3n) is 3.67. The van der Waals surface area contributed by atoms with Gasteiger partial charge in [0.2, 0.25) is 0 Å². The fourth-order valence-electron chi connectivity index (χ4n) is 2.34. The predicted octanol–water partition coefficient (Wildman–Crippen LogP) is 2.17. The van der Waals surface area contributed by atoms with Crippen molar-refractivity contribution in [2.24, 2.45) is 5.92 Å². The van der Waals surface area contributed by atoms with E-state index in [4.69, 9.17) is 4.42 Å². The topological polar surface area (TPSA) is 55.9 Å². The van der Waals surface area contributed by atoms with Crippen LogP contribution in [0.1, 0.15) is 37.2 Å². The van der Waals surface area contributed by atoms with Crippen LogP contribution in [-0.4, -0.2) is 21.5 Å². The number of hydrogen-bond donors (Lipinski definition) is 1. The Morgan fingerprint density at radius 1 is 1.47 bits per heavy atom. The largest absolute Gasteiger partial charge is 0.464 e. The van der Waals surface area contributed by atoms with E-state index >= 15 is 0 Å². The molecule has 0 aromatic carbocycles. The Bertz CT molecular complexity index is 505. The first-order valence-electron chi connectivity index (χ1n) is 6.96. The van der Waals surface area contributed by atoms with Crippen LogP contribution in [0, 0.1) is 5.92 Å². The van der Waals surface area contributed by atoms with Crippen molar-refractivity contribution in [3.63, 3.8) is 0 Å². The Morgan fingerprint density at radius 3 is 3.11 bits per heavy atom. The van der Waals surface area contributed by atoms with Crippen molar-refractivity contribution in [2.45, 2.75) is 38.8 Å². The van der Waals surface area contributed by atoms with Crippen LogP contribution in [0.2, 0.25) is 0 Å². The van der Waals surface area contributed by atoms with Gasteiger partial charge < -0.3 is 9.73 Å². The monoisotopic (exact) mass is 260 g/mol. The van der Waals surface area contributed by atoms with E-state index in [9.17, 15) is 0 Å². The van der Waals surface area contributed by atoms with Gasteiger partial charge in [-0.3, -0.25) is 4.68 Å². The summed E-state index contributed by atoms with van der Waals surface area (Å²) in [6.07, 6.45) is 5.90. The van der Waals surface area contributed by atoms with E-state index < -0.39 is 0 Å². The Morgan fingerprint density at radius 2 is 2.37 bits per heavy atom. The zero-order valence-electron chi connectivity index (χ0n) is 11.2. The number of nitrogens with zero attached hydrogens (tertiary/aromatic N) is 3. The van der Waals surface area contributed by atoms with E-state index in [1.54, 1.807) is 6.20 Å². The second-order valence-corrected chi connectivity index (χ2v) is 5.32. The highest BCUT2D eigenvalue weighted by molar-refractivity contribution is 5.17. The van der Waals surface area contributed by atoms with Crippen LogP contribution < -0.4 is 5.32 Å². The summed E-state index contributed by atoms with van der Waals surface area (Å²) >= 11 is 0. The maximum absolute atomic E-state index is 5.84. The van der Waals surface area contributed by atoms with Gasteiger partial charge >= 0.3 is 0 Å². The molecule has 0 aliphatic heterocycles. The summed E-state index contributed by atoms with van der Waals surface area (Å²) in [6, 6.07) is 4.21. The third-order valence-corrected chi connectivity index (χ3v) is 3.67. The van der Waals surface area contributed by atoms with Crippen molar-refractivity contribution in [1.29, 1.82) is 0 Å². The van der Waals surface area contributed by atoms with Crippen molar-refractivity contribution in [2.75, 3.05) is 6.54 Å². The first-order valence-corrected chi connectivity index (χ1v) is 6.96. The average molecular weight is 260 g/mol. The molecule has 0 saturated heterocycles. The molecule has 0 radical (unpaired) electrons. The molecule has 1 aliphatic rings. The van der Waals surface area contributed by atoms with E-state index in [0.717, 1.165) is 43.5 Å². The van der Waals surface area contributed by atoms with Crippen molar-refractivity contribution in [3.05, 3.63) is 36.0 Å². The molecule has 0 bridgehead atoms. The number of hydrogen-bond acceptors (Lipinski definition) is 4. The van der Waals surface area contributed by atoms with Crippen molar-refractivity contribution in [1.82, 2.24) is 20.3 Å². The molecule has 2 heterocycles.